The van der Waals surface area contributed by atoms with Crippen molar-refractivity contribution in [1.29, 1.82) is 0 Å². The first-order chi connectivity index (χ1) is 11.2. The summed E-state index contributed by atoms with van der Waals surface area (Å²) in [6, 6.07) is 16.7. The van der Waals surface area contributed by atoms with Crippen LogP contribution in [0.2, 0.25) is 0 Å². The number of amides is 1. The third-order valence-corrected chi connectivity index (χ3v) is 3.18. The number of carbonyl (C=O) groups is 1. The van der Waals surface area contributed by atoms with E-state index in [1.807, 2.05) is 49.4 Å². The van der Waals surface area contributed by atoms with Crippen molar-refractivity contribution in [2.45, 2.75) is 6.92 Å². The lowest BCUT2D eigenvalue weighted by Crippen LogP contribution is -2.35. The summed E-state index contributed by atoms with van der Waals surface area (Å²) in [4.78, 5) is 14.0. The molecule has 2 aromatic carbocycles. The Hall–Kier alpha value is -2.75. The summed E-state index contributed by atoms with van der Waals surface area (Å²) in [6.07, 6.45) is 1.70. The number of ether oxygens (including phenoxy) is 2. The predicted molar refractivity (Wildman–Crippen MR) is 92.1 cm³/mol. The highest BCUT2D eigenvalue weighted by Gasteiger charge is 2.14. The van der Waals surface area contributed by atoms with Crippen LogP contribution in [-0.2, 0) is 4.79 Å². The molecule has 0 spiro atoms. The molecule has 0 unspecified atom stereocenters. The second kappa shape index (κ2) is 8.63. The van der Waals surface area contributed by atoms with Gasteiger partial charge in [0.2, 0.25) is 0 Å². The summed E-state index contributed by atoms with van der Waals surface area (Å²) in [5.41, 5.74) is 0.827. The Labute approximate surface area is 137 Å². The summed E-state index contributed by atoms with van der Waals surface area (Å²) in [6.45, 7) is 6.66. The lowest BCUT2D eigenvalue weighted by molar-refractivity contribution is -0.120. The van der Waals surface area contributed by atoms with Crippen LogP contribution in [0.25, 0.3) is 0 Å². The van der Waals surface area contributed by atoms with Gasteiger partial charge in [-0.05, 0) is 43.3 Å². The molecule has 0 N–H and O–H groups in total. The fourth-order valence-electron chi connectivity index (χ4n) is 2.11. The van der Waals surface area contributed by atoms with Crippen LogP contribution < -0.4 is 14.4 Å². The number of hydrogen-bond acceptors (Lipinski definition) is 3. The Balaban J connectivity index is 1.97. The molecule has 0 saturated carbocycles. The first-order valence-corrected chi connectivity index (χ1v) is 7.56. The van der Waals surface area contributed by atoms with Crippen molar-refractivity contribution in [2.24, 2.45) is 0 Å². The van der Waals surface area contributed by atoms with Gasteiger partial charge in [-0.3, -0.25) is 4.79 Å². The molecular weight excluding hydrogens is 290 g/mol. The van der Waals surface area contributed by atoms with Gasteiger partial charge < -0.3 is 14.4 Å². The Morgan fingerprint density at radius 1 is 1.04 bits per heavy atom. The smallest absolute Gasteiger partial charge is 0.265 e. The first kappa shape index (κ1) is 16.6. The number of nitrogens with zero attached hydrogens (tertiary/aromatic N) is 1. The fourth-order valence-corrected chi connectivity index (χ4v) is 2.11. The van der Waals surface area contributed by atoms with Gasteiger partial charge in [-0.2, -0.15) is 0 Å². The van der Waals surface area contributed by atoms with Crippen LogP contribution in [0.5, 0.6) is 11.5 Å². The van der Waals surface area contributed by atoms with Gasteiger partial charge in [0, 0.05) is 12.2 Å². The third kappa shape index (κ3) is 4.88. The van der Waals surface area contributed by atoms with Crippen LogP contribution in [-0.4, -0.2) is 25.7 Å². The molecule has 0 aromatic heterocycles. The molecule has 0 aliphatic heterocycles. The van der Waals surface area contributed by atoms with Crippen LogP contribution in [0.1, 0.15) is 6.92 Å². The Morgan fingerprint density at radius 2 is 1.65 bits per heavy atom. The molecule has 0 fully saturated rings. The molecule has 0 saturated heterocycles. The van der Waals surface area contributed by atoms with E-state index in [1.165, 1.54) is 0 Å². The predicted octanol–water partition coefficient (Wildman–Crippen LogP) is 3.68. The highest BCUT2D eigenvalue weighted by atomic mass is 16.5. The van der Waals surface area contributed by atoms with Gasteiger partial charge in [0.1, 0.15) is 11.5 Å². The maximum absolute atomic E-state index is 12.4. The second-order valence-corrected chi connectivity index (χ2v) is 4.82. The molecule has 4 heteroatoms. The van der Waals surface area contributed by atoms with E-state index in [9.17, 15) is 4.79 Å². The van der Waals surface area contributed by atoms with Crippen molar-refractivity contribution in [1.82, 2.24) is 0 Å². The van der Waals surface area contributed by atoms with Crippen LogP contribution in [0.4, 0.5) is 5.69 Å². The average molecular weight is 311 g/mol. The van der Waals surface area contributed by atoms with Crippen molar-refractivity contribution in [2.75, 3.05) is 24.7 Å². The van der Waals surface area contributed by atoms with Crippen molar-refractivity contribution in [3.63, 3.8) is 0 Å². The average Bonchev–Trinajstić information content (AvgIpc) is 2.60. The molecule has 23 heavy (non-hydrogen) atoms. The highest BCUT2D eigenvalue weighted by Crippen LogP contribution is 2.18. The molecular formula is C19H21NO3. The fraction of sp³-hybridized carbons (Fsp3) is 0.211. The number of benzene rings is 2. The van der Waals surface area contributed by atoms with Gasteiger partial charge >= 0.3 is 0 Å². The molecule has 120 valence electrons. The van der Waals surface area contributed by atoms with E-state index < -0.39 is 0 Å². The standard InChI is InChI=1S/C19H21NO3/c1-3-14-20(16-8-6-5-7-9-16)19(21)15-23-18-12-10-17(11-13-18)22-4-2/h3,5-13H,1,4,14-15H2,2H3. The van der Waals surface area contributed by atoms with Gasteiger partial charge in [0.15, 0.2) is 6.61 Å². The van der Waals surface area contributed by atoms with Gasteiger partial charge in [-0.15, -0.1) is 6.58 Å². The largest absolute Gasteiger partial charge is 0.494 e. The summed E-state index contributed by atoms with van der Waals surface area (Å²) >= 11 is 0. The SMILES string of the molecule is C=CCN(C(=O)COc1ccc(OCC)cc1)c1ccccc1. The highest BCUT2D eigenvalue weighted by molar-refractivity contribution is 5.94. The lowest BCUT2D eigenvalue weighted by atomic mass is 10.3. The summed E-state index contributed by atoms with van der Waals surface area (Å²) < 4.78 is 10.9. The van der Waals surface area contributed by atoms with Crippen LogP contribution in [0, 0.1) is 0 Å². The zero-order chi connectivity index (χ0) is 16.5. The molecule has 0 aliphatic carbocycles. The van der Waals surface area contributed by atoms with E-state index in [1.54, 1.807) is 23.1 Å². The Bertz CT molecular complexity index is 623. The second-order valence-electron chi connectivity index (χ2n) is 4.82. The number of hydrogen-bond donors (Lipinski definition) is 0. The van der Waals surface area contributed by atoms with E-state index in [0.717, 1.165) is 11.4 Å². The maximum Gasteiger partial charge on any atom is 0.265 e. The molecule has 0 bridgehead atoms. The number of rotatable bonds is 8. The van der Waals surface area contributed by atoms with Gasteiger partial charge in [0.25, 0.3) is 5.91 Å². The van der Waals surface area contributed by atoms with Crippen molar-refractivity contribution in [3.8, 4) is 11.5 Å². The van der Waals surface area contributed by atoms with E-state index in [2.05, 4.69) is 6.58 Å². The molecule has 0 atom stereocenters. The van der Waals surface area contributed by atoms with Crippen LogP contribution in [0.15, 0.2) is 67.3 Å². The maximum atomic E-state index is 12.4. The molecule has 0 aliphatic rings. The molecule has 1 amide bonds. The van der Waals surface area contributed by atoms with E-state index in [0.29, 0.717) is 18.9 Å². The molecule has 2 rings (SSSR count). The van der Waals surface area contributed by atoms with Crippen molar-refractivity contribution < 1.29 is 14.3 Å². The number of carbonyl (C=O) groups excluding carboxylic acids is 1. The minimum absolute atomic E-state index is 0.0310. The van der Waals surface area contributed by atoms with Gasteiger partial charge in [-0.25, -0.2) is 0 Å². The first-order valence-electron chi connectivity index (χ1n) is 7.56. The normalized spacial score (nSPS) is 9.96. The van der Waals surface area contributed by atoms with Crippen molar-refractivity contribution in [3.05, 3.63) is 67.3 Å². The molecule has 2 aromatic rings. The van der Waals surface area contributed by atoms with Crippen molar-refractivity contribution >= 4 is 11.6 Å². The number of anilines is 1. The zero-order valence-electron chi connectivity index (χ0n) is 13.3. The molecule has 4 nitrogen and oxygen atoms in total. The zero-order valence-corrected chi connectivity index (χ0v) is 13.3. The topological polar surface area (TPSA) is 38.8 Å². The van der Waals surface area contributed by atoms with Gasteiger partial charge in [0.05, 0.1) is 6.61 Å². The van der Waals surface area contributed by atoms with E-state index in [4.69, 9.17) is 9.47 Å². The lowest BCUT2D eigenvalue weighted by Gasteiger charge is -2.21. The quantitative estimate of drug-likeness (QED) is 0.698. The van der Waals surface area contributed by atoms with E-state index >= 15 is 0 Å². The Morgan fingerprint density at radius 3 is 2.22 bits per heavy atom. The molecule has 0 heterocycles. The summed E-state index contributed by atoms with van der Waals surface area (Å²) in [7, 11) is 0. The number of para-hydroxylation sites is 1. The Kier molecular flexibility index (Phi) is 6.24. The molecule has 0 radical (unpaired) electrons. The monoisotopic (exact) mass is 311 g/mol. The minimum atomic E-state index is -0.120. The summed E-state index contributed by atoms with van der Waals surface area (Å²) in [5.74, 6) is 1.29. The minimum Gasteiger partial charge on any atom is -0.494 e. The van der Waals surface area contributed by atoms with Crippen LogP contribution >= 0.6 is 0 Å². The van der Waals surface area contributed by atoms with Gasteiger partial charge in [-0.1, -0.05) is 24.3 Å². The third-order valence-electron chi connectivity index (χ3n) is 3.18. The summed E-state index contributed by atoms with van der Waals surface area (Å²) in [5, 5.41) is 0. The van der Waals surface area contributed by atoms with Crippen LogP contribution in [0.3, 0.4) is 0 Å². The van der Waals surface area contributed by atoms with E-state index in [-0.39, 0.29) is 12.5 Å².